The number of thiophene rings is 1. The summed E-state index contributed by atoms with van der Waals surface area (Å²) in [7, 11) is 0. The van der Waals surface area contributed by atoms with Crippen LogP contribution in [0.15, 0.2) is 24.3 Å². The third-order valence-electron chi connectivity index (χ3n) is 4.16. The number of ether oxygens (including phenoxy) is 1. The van der Waals surface area contributed by atoms with Crippen LogP contribution in [-0.2, 0) is 28.8 Å². The van der Waals surface area contributed by atoms with Gasteiger partial charge >= 0.3 is 5.97 Å². The molecule has 1 aliphatic rings. The molecule has 2 aromatic rings. The predicted molar refractivity (Wildman–Crippen MR) is 101 cm³/mol. The first-order chi connectivity index (χ1) is 12.1. The van der Waals surface area contributed by atoms with E-state index in [2.05, 4.69) is 5.32 Å². The Balaban J connectivity index is 1.82. The van der Waals surface area contributed by atoms with Crippen molar-refractivity contribution in [3.05, 3.63) is 50.9 Å². The molecule has 1 aromatic carbocycles. The molecule has 0 aliphatic heterocycles. The minimum atomic E-state index is -0.347. The molecule has 1 aliphatic carbocycles. The lowest BCUT2D eigenvalue weighted by Crippen LogP contribution is -2.17. The number of carbonyl (C=O) groups is 2. The smallest absolute Gasteiger partial charge is 0.341 e. The van der Waals surface area contributed by atoms with Crippen LogP contribution in [0.4, 0.5) is 5.00 Å². The Hall–Kier alpha value is -1.85. The van der Waals surface area contributed by atoms with Gasteiger partial charge in [-0.25, -0.2) is 4.79 Å². The highest BCUT2D eigenvalue weighted by atomic mass is 35.5. The zero-order chi connectivity index (χ0) is 17.8. The molecule has 1 aromatic heterocycles. The number of anilines is 1. The van der Waals surface area contributed by atoms with Gasteiger partial charge in [-0.2, -0.15) is 0 Å². The van der Waals surface area contributed by atoms with Crippen molar-refractivity contribution in [2.45, 2.75) is 39.0 Å². The third-order valence-corrected chi connectivity index (χ3v) is 5.60. The lowest BCUT2D eigenvalue weighted by atomic mass is 9.95. The number of amides is 1. The van der Waals surface area contributed by atoms with Crippen LogP contribution in [0.5, 0.6) is 0 Å². The van der Waals surface area contributed by atoms with Crippen LogP contribution < -0.4 is 5.32 Å². The van der Waals surface area contributed by atoms with Gasteiger partial charge in [0, 0.05) is 9.90 Å². The fourth-order valence-corrected chi connectivity index (χ4v) is 4.58. The Morgan fingerprint density at radius 1 is 1.28 bits per heavy atom. The van der Waals surface area contributed by atoms with E-state index in [9.17, 15) is 9.59 Å². The highest BCUT2D eigenvalue weighted by molar-refractivity contribution is 7.17. The second-order valence-electron chi connectivity index (χ2n) is 5.99. The summed E-state index contributed by atoms with van der Waals surface area (Å²) in [6.45, 7) is 2.10. The molecule has 0 radical (unpaired) electrons. The molecule has 1 heterocycles. The first-order valence-corrected chi connectivity index (χ1v) is 9.64. The first kappa shape index (κ1) is 18.0. The zero-order valence-corrected chi connectivity index (χ0v) is 15.6. The van der Waals surface area contributed by atoms with Crippen molar-refractivity contribution in [1.82, 2.24) is 0 Å². The topological polar surface area (TPSA) is 55.4 Å². The second-order valence-corrected chi connectivity index (χ2v) is 7.53. The highest BCUT2D eigenvalue weighted by Crippen LogP contribution is 2.38. The molecule has 0 saturated heterocycles. The van der Waals surface area contributed by atoms with Crippen molar-refractivity contribution >= 4 is 39.8 Å². The molecular weight excluding hydrogens is 358 g/mol. The first-order valence-electron chi connectivity index (χ1n) is 8.44. The maximum absolute atomic E-state index is 12.4. The van der Waals surface area contributed by atoms with E-state index in [1.54, 1.807) is 19.1 Å². The van der Waals surface area contributed by atoms with E-state index >= 15 is 0 Å². The van der Waals surface area contributed by atoms with Crippen molar-refractivity contribution < 1.29 is 14.3 Å². The van der Waals surface area contributed by atoms with Crippen LogP contribution in [-0.4, -0.2) is 18.5 Å². The summed E-state index contributed by atoms with van der Waals surface area (Å²) >= 11 is 7.47. The standard InChI is InChI=1S/C19H20ClNO3S/c1-2-24-19(23)17-14-8-3-4-9-15(14)25-18(17)21-16(22)11-12-6-5-7-13(20)10-12/h5-7,10H,2-4,8-9,11H2,1H3,(H,21,22). The summed E-state index contributed by atoms with van der Waals surface area (Å²) in [5.74, 6) is -0.508. The summed E-state index contributed by atoms with van der Waals surface area (Å²) in [4.78, 5) is 26.0. The van der Waals surface area contributed by atoms with E-state index in [0.29, 0.717) is 22.2 Å². The largest absolute Gasteiger partial charge is 0.462 e. The average Bonchev–Trinajstić information content (AvgIpc) is 2.92. The van der Waals surface area contributed by atoms with Crippen LogP contribution >= 0.6 is 22.9 Å². The van der Waals surface area contributed by atoms with E-state index in [1.807, 2.05) is 12.1 Å². The van der Waals surface area contributed by atoms with Gasteiger partial charge in [0.2, 0.25) is 5.91 Å². The van der Waals surface area contributed by atoms with Crippen LogP contribution in [0.1, 0.15) is 46.1 Å². The van der Waals surface area contributed by atoms with Crippen molar-refractivity contribution in [2.75, 3.05) is 11.9 Å². The molecule has 132 valence electrons. The van der Waals surface area contributed by atoms with Gasteiger partial charge in [-0.3, -0.25) is 4.79 Å². The highest BCUT2D eigenvalue weighted by Gasteiger charge is 2.27. The van der Waals surface area contributed by atoms with Gasteiger partial charge in [-0.1, -0.05) is 23.7 Å². The second kappa shape index (κ2) is 8.02. The van der Waals surface area contributed by atoms with Gasteiger partial charge in [0.05, 0.1) is 18.6 Å². The predicted octanol–water partition coefficient (Wildman–Crippen LogP) is 4.64. The number of halogens is 1. The zero-order valence-electron chi connectivity index (χ0n) is 14.1. The summed E-state index contributed by atoms with van der Waals surface area (Å²) in [6.07, 6.45) is 4.21. The van der Waals surface area contributed by atoms with E-state index < -0.39 is 0 Å². The van der Waals surface area contributed by atoms with Gasteiger partial charge in [-0.15, -0.1) is 11.3 Å². The van der Waals surface area contributed by atoms with E-state index in [-0.39, 0.29) is 18.3 Å². The van der Waals surface area contributed by atoms with Crippen molar-refractivity contribution in [3.8, 4) is 0 Å². The van der Waals surface area contributed by atoms with Gasteiger partial charge < -0.3 is 10.1 Å². The number of carbonyl (C=O) groups excluding carboxylic acids is 2. The molecule has 1 N–H and O–H groups in total. The van der Waals surface area contributed by atoms with E-state index in [4.69, 9.17) is 16.3 Å². The summed E-state index contributed by atoms with van der Waals surface area (Å²) in [5, 5.41) is 4.12. The summed E-state index contributed by atoms with van der Waals surface area (Å²) < 4.78 is 5.21. The maximum Gasteiger partial charge on any atom is 0.341 e. The van der Waals surface area contributed by atoms with Crippen molar-refractivity contribution in [3.63, 3.8) is 0 Å². The number of nitrogens with one attached hydrogen (secondary N) is 1. The summed E-state index contributed by atoms with van der Waals surface area (Å²) in [5.41, 5.74) is 2.43. The number of fused-ring (bicyclic) bond motifs is 1. The summed E-state index contributed by atoms with van der Waals surface area (Å²) in [6, 6.07) is 7.22. The third kappa shape index (κ3) is 4.22. The lowest BCUT2D eigenvalue weighted by molar-refractivity contribution is -0.115. The van der Waals surface area contributed by atoms with Crippen molar-refractivity contribution in [1.29, 1.82) is 0 Å². The van der Waals surface area contributed by atoms with Crippen molar-refractivity contribution in [2.24, 2.45) is 0 Å². The minimum Gasteiger partial charge on any atom is -0.462 e. The average molecular weight is 378 g/mol. The van der Waals surface area contributed by atoms with Crippen LogP contribution in [0, 0.1) is 0 Å². The molecule has 3 rings (SSSR count). The Morgan fingerprint density at radius 2 is 2.08 bits per heavy atom. The van der Waals surface area contributed by atoms with Crippen LogP contribution in [0.25, 0.3) is 0 Å². The van der Waals surface area contributed by atoms with Gasteiger partial charge in [-0.05, 0) is 55.9 Å². The molecule has 0 unspecified atom stereocenters. The molecular formula is C19H20ClNO3S. The normalized spacial score (nSPS) is 13.2. The van der Waals surface area contributed by atoms with Crippen LogP contribution in [0.3, 0.4) is 0 Å². The molecule has 0 atom stereocenters. The number of hydrogen-bond acceptors (Lipinski definition) is 4. The minimum absolute atomic E-state index is 0.161. The Morgan fingerprint density at radius 3 is 2.84 bits per heavy atom. The molecule has 1 amide bonds. The Bertz CT molecular complexity index is 800. The quantitative estimate of drug-likeness (QED) is 0.772. The fourth-order valence-electron chi connectivity index (χ4n) is 3.08. The van der Waals surface area contributed by atoms with E-state index in [0.717, 1.165) is 36.8 Å². The van der Waals surface area contributed by atoms with Gasteiger partial charge in [0.15, 0.2) is 0 Å². The number of esters is 1. The van der Waals surface area contributed by atoms with Gasteiger partial charge in [0.25, 0.3) is 0 Å². The van der Waals surface area contributed by atoms with E-state index in [1.165, 1.54) is 16.2 Å². The fraction of sp³-hybridized carbons (Fsp3) is 0.368. The maximum atomic E-state index is 12.4. The lowest BCUT2D eigenvalue weighted by Gasteiger charge is -2.12. The molecule has 0 fully saturated rings. The molecule has 25 heavy (non-hydrogen) atoms. The molecule has 4 nitrogen and oxygen atoms in total. The number of rotatable bonds is 5. The number of aryl methyl sites for hydroxylation is 1. The SMILES string of the molecule is CCOC(=O)c1c(NC(=O)Cc2cccc(Cl)c2)sc2c1CCCC2. The Kier molecular flexibility index (Phi) is 5.76. The number of benzene rings is 1. The molecule has 0 spiro atoms. The Labute approximate surface area is 156 Å². The number of hydrogen-bond donors (Lipinski definition) is 1. The molecule has 6 heteroatoms. The molecule has 0 bridgehead atoms. The molecule has 0 saturated carbocycles. The van der Waals surface area contributed by atoms with Crippen LogP contribution in [0.2, 0.25) is 5.02 Å². The monoisotopic (exact) mass is 377 g/mol. The van der Waals surface area contributed by atoms with Gasteiger partial charge in [0.1, 0.15) is 5.00 Å².